The highest BCUT2D eigenvalue weighted by Crippen LogP contribution is 2.30. The number of hydrogen-bond donors (Lipinski definition) is 2. The Bertz CT molecular complexity index is 766. The summed E-state index contributed by atoms with van der Waals surface area (Å²) in [6.07, 6.45) is 0. The van der Waals surface area contributed by atoms with E-state index in [0.29, 0.717) is 47.4 Å². The number of amides is 2. The van der Waals surface area contributed by atoms with Gasteiger partial charge in [0.05, 0.1) is 5.56 Å². The molecule has 0 aliphatic carbocycles. The van der Waals surface area contributed by atoms with Gasteiger partial charge in [0.1, 0.15) is 24.7 Å². The Morgan fingerprint density at radius 2 is 1.65 bits per heavy atom. The minimum Gasteiger partial charge on any atom is -0.486 e. The lowest BCUT2D eigenvalue weighted by Gasteiger charge is -2.18. The van der Waals surface area contributed by atoms with Crippen molar-refractivity contribution in [2.75, 3.05) is 13.2 Å². The number of carbonyl (C=O) groups excluding carboxylic acids is 2. The molecule has 0 fully saturated rings. The molecule has 3 rings (SSSR count). The van der Waals surface area contributed by atoms with Gasteiger partial charge in [0.15, 0.2) is 11.5 Å². The normalized spacial score (nSPS) is 12.6. The van der Waals surface area contributed by atoms with Crippen LogP contribution in [0.25, 0.3) is 0 Å². The highest BCUT2D eigenvalue weighted by atomic mass is 16.6. The van der Waals surface area contributed by atoms with Crippen molar-refractivity contribution in [1.82, 2.24) is 10.9 Å². The fourth-order valence-electron chi connectivity index (χ4n) is 2.29. The zero-order chi connectivity index (χ0) is 16.4. The molecule has 2 heterocycles. The first-order valence-electron chi connectivity index (χ1n) is 7.12. The fourth-order valence-corrected chi connectivity index (χ4v) is 2.29. The summed E-state index contributed by atoms with van der Waals surface area (Å²) in [5.74, 6) is 1.34. The van der Waals surface area contributed by atoms with Gasteiger partial charge in [0.25, 0.3) is 11.8 Å². The maximum atomic E-state index is 12.1. The van der Waals surface area contributed by atoms with Gasteiger partial charge in [0.2, 0.25) is 0 Å². The summed E-state index contributed by atoms with van der Waals surface area (Å²) in [7, 11) is 0. The van der Waals surface area contributed by atoms with Gasteiger partial charge >= 0.3 is 0 Å². The van der Waals surface area contributed by atoms with E-state index in [-0.39, 0.29) is 0 Å². The standard InChI is InChI=1S/C16H16N2O5/c1-9-7-12(10(2)23-9)16(20)18-17-15(19)11-3-4-13-14(8-11)22-6-5-21-13/h3-4,7-8H,5-6H2,1-2H3,(H,17,19)(H,18,20). The van der Waals surface area contributed by atoms with Gasteiger partial charge in [-0.25, -0.2) is 0 Å². The van der Waals surface area contributed by atoms with Crippen LogP contribution >= 0.6 is 0 Å². The molecule has 0 radical (unpaired) electrons. The van der Waals surface area contributed by atoms with Crippen molar-refractivity contribution in [1.29, 1.82) is 0 Å². The number of hydrogen-bond acceptors (Lipinski definition) is 5. The van der Waals surface area contributed by atoms with Crippen molar-refractivity contribution in [3.05, 3.63) is 46.9 Å². The second kappa shape index (κ2) is 6.04. The molecule has 1 aromatic heterocycles. The lowest BCUT2D eigenvalue weighted by Crippen LogP contribution is -2.41. The molecule has 1 aromatic carbocycles. The molecule has 7 nitrogen and oxygen atoms in total. The van der Waals surface area contributed by atoms with Gasteiger partial charge in [-0.2, -0.15) is 0 Å². The quantitative estimate of drug-likeness (QED) is 0.824. The molecular formula is C16H16N2O5. The largest absolute Gasteiger partial charge is 0.486 e. The highest BCUT2D eigenvalue weighted by molar-refractivity contribution is 5.99. The Labute approximate surface area is 132 Å². The molecule has 0 spiro atoms. The van der Waals surface area contributed by atoms with E-state index in [1.807, 2.05) is 0 Å². The van der Waals surface area contributed by atoms with Crippen molar-refractivity contribution in [2.45, 2.75) is 13.8 Å². The van der Waals surface area contributed by atoms with Crippen molar-refractivity contribution in [2.24, 2.45) is 0 Å². The van der Waals surface area contributed by atoms with Crippen LogP contribution < -0.4 is 20.3 Å². The summed E-state index contributed by atoms with van der Waals surface area (Å²) in [4.78, 5) is 24.1. The van der Waals surface area contributed by atoms with E-state index in [0.717, 1.165) is 0 Å². The predicted octanol–water partition coefficient (Wildman–Crippen LogP) is 1.74. The zero-order valence-corrected chi connectivity index (χ0v) is 12.8. The monoisotopic (exact) mass is 316 g/mol. The molecule has 120 valence electrons. The maximum absolute atomic E-state index is 12.1. The van der Waals surface area contributed by atoms with Crippen LogP contribution in [0.5, 0.6) is 11.5 Å². The van der Waals surface area contributed by atoms with Gasteiger partial charge in [0, 0.05) is 5.56 Å². The SMILES string of the molecule is Cc1cc(C(=O)NNC(=O)c2ccc3c(c2)OCCO3)c(C)o1. The summed E-state index contributed by atoms with van der Waals surface area (Å²) < 4.78 is 16.1. The van der Waals surface area contributed by atoms with Gasteiger partial charge < -0.3 is 13.9 Å². The molecule has 0 saturated heterocycles. The average Bonchev–Trinajstić information content (AvgIpc) is 2.90. The van der Waals surface area contributed by atoms with Gasteiger partial charge in [-0.1, -0.05) is 0 Å². The first-order valence-corrected chi connectivity index (χ1v) is 7.12. The number of rotatable bonds is 2. The number of nitrogens with one attached hydrogen (secondary N) is 2. The molecule has 1 aliphatic rings. The predicted molar refractivity (Wildman–Crippen MR) is 80.5 cm³/mol. The summed E-state index contributed by atoms with van der Waals surface area (Å²) >= 11 is 0. The number of fused-ring (bicyclic) bond motifs is 1. The summed E-state index contributed by atoms with van der Waals surface area (Å²) in [6.45, 7) is 4.36. The van der Waals surface area contributed by atoms with Crippen molar-refractivity contribution >= 4 is 11.8 Å². The van der Waals surface area contributed by atoms with Crippen LogP contribution in [0.3, 0.4) is 0 Å². The number of benzene rings is 1. The molecule has 0 unspecified atom stereocenters. The smallest absolute Gasteiger partial charge is 0.273 e. The molecule has 2 aromatic rings. The third-order valence-electron chi connectivity index (χ3n) is 3.38. The number of aryl methyl sites for hydroxylation is 2. The van der Waals surface area contributed by atoms with Crippen molar-refractivity contribution < 1.29 is 23.5 Å². The minimum atomic E-state index is -0.451. The Morgan fingerprint density at radius 1 is 0.957 bits per heavy atom. The third-order valence-corrected chi connectivity index (χ3v) is 3.38. The van der Waals surface area contributed by atoms with Crippen LogP contribution in [0.4, 0.5) is 0 Å². The lowest BCUT2D eigenvalue weighted by atomic mass is 10.2. The maximum Gasteiger partial charge on any atom is 0.273 e. The molecule has 1 aliphatic heterocycles. The number of hydrazine groups is 1. The van der Waals surface area contributed by atoms with Crippen LogP contribution in [-0.4, -0.2) is 25.0 Å². The van der Waals surface area contributed by atoms with Crippen molar-refractivity contribution in [3.8, 4) is 11.5 Å². The Morgan fingerprint density at radius 3 is 2.35 bits per heavy atom. The molecule has 2 N–H and O–H groups in total. The van der Waals surface area contributed by atoms with E-state index >= 15 is 0 Å². The number of furan rings is 1. The fraction of sp³-hybridized carbons (Fsp3) is 0.250. The topological polar surface area (TPSA) is 89.8 Å². The van der Waals surface area contributed by atoms with Crippen LogP contribution in [0.15, 0.2) is 28.7 Å². The first-order chi connectivity index (χ1) is 11.0. The van der Waals surface area contributed by atoms with E-state index in [1.54, 1.807) is 38.1 Å². The molecular weight excluding hydrogens is 300 g/mol. The molecule has 0 atom stereocenters. The Kier molecular flexibility index (Phi) is 3.92. The second-order valence-electron chi connectivity index (χ2n) is 5.09. The van der Waals surface area contributed by atoms with E-state index < -0.39 is 11.8 Å². The van der Waals surface area contributed by atoms with Gasteiger partial charge in [-0.05, 0) is 38.1 Å². The Hall–Kier alpha value is -2.96. The van der Waals surface area contributed by atoms with Gasteiger partial charge in [-0.15, -0.1) is 0 Å². The summed E-state index contributed by atoms with van der Waals surface area (Å²) in [6, 6.07) is 6.45. The Balaban J connectivity index is 1.65. The first kappa shape index (κ1) is 15.0. The van der Waals surface area contributed by atoms with Crippen LogP contribution in [0, 0.1) is 13.8 Å². The van der Waals surface area contributed by atoms with E-state index in [4.69, 9.17) is 13.9 Å². The van der Waals surface area contributed by atoms with E-state index in [2.05, 4.69) is 10.9 Å². The molecule has 2 amide bonds. The molecule has 7 heteroatoms. The zero-order valence-electron chi connectivity index (χ0n) is 12.8. The second-order valence-corrected chi connectivity index (χ2v) is 5.09. The van der Waals surface area contributed by atoms with E-state index in [9.17, 15) is 9.59 Å². The summed E-state index contributed by atoms with van der Waals surface area (Å²) in [5, 5.41) is 0. The third kappa shape index (κ3) is 3.13. The number of carbonyl (C=O) groups is 2. The minimum absolute atomic E-state index is 0.356. The van der Waals surface area contributed by atoms with E-state index in [1.165, 1.54) is 0 Å². The molecule has 0 bridgehead atoms. The van der Waals surface area contributed by atoms with Crippen LogP contribution in [0.1, 0.15) is 32.2 Å². The average molecular weight is 316 g/mol. The molecule has 23 heavy (non-hydrogen) atoms. The van der Waals surface area contributed by atoms with Gasteiger partial charge in [-0.3, -0.25) is 20.4 Å². The molecule has 0 saturated carbocycles. The lowest BCUT2D eigenvalue weighted by molar-refractivity contribution is 0.0845. The van der Waals surface area contributed by atoms with Crippen LogP contribution in [0.2, 0.25) is 0 Å². The summed E-state index contributed by atoms with van der Waals surface area (Å²) in [5.41, 5.74) is 5.46. The number of ether oxygens (including phenoxy) is 2. The van der Waals surface area contributed by atoms with Crippen LogP contribution in [-0.2, 0) is 0 Å². The highest BCUT2D eigenvalue weighted by Gasteiger charge is 2.17. The van der Waals surface area contributed by atoms with Crippen molar-refractivity contribution in [3.63, 3.8) is 0 Å².